The molecule has 2 N–H and O–H groups in total. The van der Waals surface area contributed by atoms with Crippen molar-refractivity contribution in [2.24, 2.45) is 0 Å². The van der Waals surface area contributed by atoms with Crippen LogP contribution in [0.1, 0.15) is 17.0 Å². The van der Waals surface area contributed by atoms with Crippen LogP contribution in [0.4, 0.5) is 4.79 Å². The van der Waals surface area contributed by atoms with Crippen LogP contribution in [0.15, 0.2) is 48.5 Å². The fraction of sp³-hybridized carbons (Fsp3) is 0.659. The van der Waals surface area contributed by atoms with Gasteiger partial charge >= 0.3 is 12.1 Å². The Bertz CT molecular complexity index is 1440. The number of carboxylic acid groups (broad SMARTS) is 1. The van der Waals surface area contributed by atoms with Crippen molar-refractivity contribution in [1.29, 1.82) is 0 Å². The number of fused-ring (bicyclic) bond motifs is 3. The van der Waals surface area contributed by atoms with Crippen LogP contribution < -0.4 is 5.32 Å². The standard InChI is InChI=1S/C44H68N2O17/c1-46(44(50)63-34-41-39-8-4-2-6-37(39)38-7-3-5-9-40(38)41)11-13-52-15-17-54-19-21-56-23-25-58-27-29-60-31-33-61-32-30-59-28-26-57-24-22-55-20-18-53-16-14-51-12-10-45-42(47)35-62-36-43(48)49/h2-9,41H,10-36H2,1H3,(H,45,47)(H,48,49). The molecule has 19 heteroatoms. The third-order valence-corrected chi connectivity index (χ3v) is 8.97. The monoisotopic (exact) mass is 896 g/mol. The highest BCUT2D eigenvalue weighted by Crippen LogP contribution is 2.44. The molecule has 1 aliphatic rings. The van der Waals surface area contributed by atoms with E-state index < -0.39 is 18.5 Å². The number of carbonyl (C=O) groups excluding carboxylic acids is 2. The topological polar surface area (TPSA) is 207 Å². The van der Waals surface area contributed by atoms with E-state index in [9.17, 15) is 14.4 Å². The Balaban J connectivity index is 0.936. The molecule has 0 atom stereocenters. The molecule has 3 rings (SSSR count). The third kappa shape index (κ3) is 25.9. The van der Waals surface area contributed by atoms with Crippen LogP contribution in [0.25, 0.3) is 11.1 Å². The molecule has 0 saturated carbocycles. The van der Waals surface area contributed by atoms with E-state index in [1.54, 1.807) is 7.05 Å². The number of nitrogens with zero attached hydrogens (tertiary/aromatic N) is 1. The average molecular weight is 897 g/mol. The molecule has 0 saturated heterocycles. The molecule has 1 aliphatic carbocycles. The summed E-state index contributed by atoms with van der Waals surface area (Å²) in [6.45, 7) is 9.80. The maximum Gasteiger partial charge on any atom is 0.409 e. The average Bonchev–Trinajstić information content (AvgIpc) is 3.61. The lowest BCUT2D eigenvalue weighted by Gasteiger charge is -2.19. The van der Waals surface area contributed by atoms with E-state index in [-0.39, 0.29) is 25.2 Å². The Kier molecular flexibility index (Phi) is 31.0. The predicted molar refractivity (Wildman–Crippen MR) is 228 cm³/mol. The number of benzene rings is 2. The van der Waals surface area contributed by atoms with Crippen LogP contribution in [-0.2, 0) is 71.2 Å². The first-order chi connectivity index (χ1) is 31.0. The van der Waals surface area contributed by atoms with E-state index in [1.165, 1.54) is 27.2 Å². The molecule has 0 radical (unpaired) electrons. The first-order valence-corrected chi connectivity index (χ1v) is 21.4. The number of aliphatic carboxylic acids is 1. The quantitative estimate of drug-likeness (QED) is 0.0917. The van der Waals surface area contributed by atoms with Gasteiger partial charge in [-0.1, -0.05) is 48.5 Å². The second-order valence-electron chi connectivity index (χ2n) is 13.7. The zero-order valence-corrected chi connectivity index (χ0v) is 36.7. The van der Waals surface area contributed by atoms with Crippen LogP contribution in [0, 0.1) is 0 Å². The van der Waals surface area contributed by atoms with Crippen molar-refractivity contribution in [2.75, 3.05) is 185 Å². The van der Waals surface area contributed by atoms with E-state index in [4.69, 9.17) is 61.9 Å². The van der Waals surface area contributed by atoms with E-state index in [0.717, 1.165) is 0 Å². The van der Waals surface area contributed by atoms with Crippen molar-refractivity contribution in [3.63, 3.8) is 0 Å². The molecular formula is C44H68N2O17. The number of carboxylic acids is 1. The first-order valence-electron chi connectivity index (χ1n) is 21.4. The van der Waals surface area contributed by atoms with Gasteiger partial charge in [0.2, 0.25) is 5.91 Å². The summed E-state index contributed by atoms with van der Waals surface area (Å²) in [5.74, 6) is -1.50. The number of nitrogens with one attached hydrogen (secondary N) is 1. The second kappa shape index (κ2) is 36.5. The Hall–Kier alpha value is -3.83. The van der Waals surface area contributed by atoms with E-state index in [2.05, 4.69) is 34.3 Å². The van der Waals surface area contributed by atoms with Crippen molar-refractivity contribution in [3.05, 3.63) is 59.7 Å². The Morgan fingerprint density at radius 2 is 0.841 bits per heavy atom. The molecule has 356 valence electrons. The molecule has 2 aromatic carbocycles. The molecule has 0 spiro atoms. The number of carbonyl (C=O) groups is 3. The Labute approximate surface area is 370 Å². The van der Waals surface area contributed by atoms with Crippen molar-refractivity contribution < 1.29 is 81.1 Å². The number of hydrogen-bond acceptors (Lipinski definition) is 16. The summed E-state index contributed by atoms with van der Waals surface area (Å²) in [7, 11) is 1.71. The van der Waals surface area contributed by atoms with Gasteiger partial charge in [-0.05, 0) is 22.3 Å². The van der Waals surface area contributed by atoms with Gasteiger partial charge < -0.3 is 76.9 Å². The van der Waals surface area contributed by atoms with Gasteiger partial charge in [0.1, 0.15) is 19.8 Å². The zero-order valence-electron chi connectivity index (χ0n) is 36.7. The van der Waals surface area contributed by atoms with Crippen LogP contribution in [0.5, 0.6) is 0 Å². The SMILES string of the molecule is CN(CCOCCOCCOCCOCCOCCOCCOCCOCCOCCOCCOCCNC(=O)COCC(=O)O)C(=O)OCC1c2ccccc2-c2ccccc21. The van der Waals surface area contributed by atoms with Gasteiger partial charge in [0.25, 0.3) is 0 Å². The summed E-state index contributed by atoms with van der Waals surface area (Å²) >= 11 is 0. The van der Waals surface area contributed by atoms with Gasteiger partial charge in [-0.2, -0.15) is 0 Å². The highest BCUT2D eigenvalue weighted by Gasteiger charge is 2.29. The summed E-state index contributed by atoms with van der Waals surface area (Å²) in [5, 5.41) is 11.0. The van der Waals surface area contributed by atoms with Crippen molar-refractivity contribution in [2.45, 2.75) is 5.92 Å². The van der Waals surface area contributed by atoms with Crippen molar-refractivity contribution in [1.82, 2.24) is 10.2 Å². The lowest BCUT2D eigenvalue weighted by molar-refractivity contribution is -0.143. The minimum Gasteiger partial charge on any atom is -0.480 e. The fourth-order valence-electron chi connectivity index (χ4n) is 5.84. The molecule has 19 nitrogen and oxygen atoms in total. The second-order valence-corrected chi connectivity index (χ2v) is 13.7. The van der Waals surface area contributed by atoms with Gasteiger partial charge in [0, 0.05) is 26.1 Å². The lowest BCUT2D eigenvalue weighted by Crippen LogP contribution is -2.32. The molecule has 0 heterocycles. The summed E-state index contributed by atoms with van der Waals surface area (Å²) in [6, 6.07) is 16.5. The maximum absolute atomic E-state index is 12.6. The summed E-state index contributed by atoms with van der Waals surface area (Å²) < 4.78 is 70.7. The summed E-state index contributed by atoms with van der Waals surface area (Å²) in [5.41, 5.74) is 4.77. The number of likely N-dealkylation sites (N-methyl/N-ethyl adjacent to an activating group) is 1. The largest absolute Gasteiger partial charge is 0.480 e. The van der Waals surface area contributed by atoms with Crippen LogP contribution in [0.2, 0.25) is 0 Å². The molecule has 0 unspecified atom stereocenters. The van der Waals surface area contributed by atoms with Crippen LogP contribution in [-0.4, -0.2) is 213 Å². The fourth-order valence-corrected chi connectivity index (χ4v) is 5.84. The van der Waals surface area contributed by atoms with E-state index >= 15 is 0 Å². The Morgan fingerprint density at radius 1 is 0.492 bits per heavy atom. The van der Waals surface area contributed by atoms with Gasteiger partial charge in [0.15, 0.2) is 0 Å². The molecule has 0 bridgehead atoms. The zero-order chi connectivity index (χ0) is 44.8. The molecule has 0 aromatic heterocycles. The number of amides is 2. The van der Waals surface area contributed by atoms with E-state index in [1.807, 2.05) is 24.3 Å². The van der Waals surface area contributed by atoms with Gasteiger partial charge in [-0.25, -0.2) is 9.59 Å². The van der Waals surface area contributed by atoms with Crippen LogP contribution in [0.3, 0.4) is 0 Å². The minimum atomic E-state index is -1.13. The molecule has 0 aliphatic heterocycles. The number of ether oxygens (including phenoxy) is 13. The first kappa shape index (κ1) is 53.5. The Morgan fingerprint density at radius 3 is 1.22 bits per heavy atom. The lowest BCUT2D eigenvalue weighted by atomic mass is 9.98. The maximum atomic E-state index is 12.6. The smallest absolute Gasteiger partial charge is 0.409 e. The molecule has 63 heavy (non-hydrogen) atoms. The van der Waals surface area contributed by atoms with Gasteiger partial charge in [-0.3, -0.25) is 4.79 Å². The van der Waals surface area contributed by atoms with E-state index in [0.29, 0.717) is 158 Å². The molecule has 0 fully saturated rings. The highest BCUT2D eigenvalue weighted by atomic mass is 16.6. The number of hydrogen-bond donors (Lipinski definition) is 2. The normalized spacial score (nSPS) is 12.0. The summed E-state index contributed by atoms with van der Waals surface area (Å²) in [4.78, 5) is 35.9. The third-order valence-electron chi connectivity index (χ3n) is 8.97. The molecule has 2 aromatic rings. The predicted octanol–water partition coefficient (Wildman–Crippen LogP) is 2.27. The van der Waals surface area contributed by atoms with Gasteiger partial charge in [-0.15, -0.1) is 0 Å². The molecular weight excluding hydrogens is 828 g/mol. The summed E-state index contributed by atoms with van der Waals surface area (Å²) in [6.07, 6.45) is -0.373. The minimum absolute atomic E-state index is 0.0292. The van der Waals surface area contributed by atoms with Gasteiger partial charge in [0.05, 0.1) is 145 Å². The van der Waals surface area contributed by atoms with Crippen molar-refractivity contribution >= 4 is 18.0 Å². The number of rotatable bonds is 42. The van der Waals surface area contributed by atoms with Crippen molar-refractivity contribution in [3.8, 4) is 11.1 Å². The van der Waals surface area contributed by atoms with Crippen LogP contribution >= 0.6 is 0 Å². The highest BCUT2D eigenvalue weighted by molar-refractivity contribution is 5.79. The molecule has 2 amide bonds.